The first kappa shape index (κ1) is 16.4. The third kappa shape index (κ3) is 3.53. The van der Waals surface area contributed by atoms with Crippen LogP contribution >= 0.6 is 0 Å². The Morgan fingerprint density at radius 3 is 2.92 bits per heavy atom. The molecule has 1 aliphatic heterocycles. The monoisotopic (exact) mass is 330 g/mol. The fourth-order valence-corrected chi connectivity index (χ4v) is 2.76. The van der Waals surface area contributed by atoms with Gasteiger partial charge in [-0.1, -0.05) is 26.0 Å². The zero-order valence-electron chi connectivity index (χ0n) is 13.9. The van der Waals surface area contributed by atoms with Crippen LogP contribution in [-0.2, 0) is 4.79 Å². The number of anilines is 1. The Hall–Kier alpha value is -2.50. The highest BCUT2D eigenvalue weighted by molar-refractivity contribution is 5.78. The third-order valence-electron chi connectivity index (χ3n) is 4.15. The molecule has 128 valence electrons. The Morgan fingerprint density at radius 2 is 2.17 bits per heavy atom. The van der Waals surface area contributed by atoms with Crippen LogP contribution in [-0.4, -0.2) is 35.0 Å². The molecule has 24 heavy (non-hydrogen) atoms. The van der Waals surface area contributed by atoms with Crippen molar-refractivity contribution in [3.05, 3.63) is 42.5 Å². The number of nitrogens with one attached hydrogen (secondary N) is 1. The van der Waals surface area contributed by atoms with Crippen LogP contribution < -0.4 is 10.2 Å². The first-order valence-electron chi connectivity index (χ1n) is 8.17. The standard InChI is InChI=1S/C18H21FN4O.H2/c1-12(2)18(24)21-13-7-8-23(11-13)17-10-20-9-16(22-17)14-5-3-4-6-15(14)19;/h3-6,9-10,12-13H,7-8,11H2,1-2H3,(H,21,24);1H/t13-;/m1./s1. The van der Waals surface area contributed by atoms with Crippen molar-refractivity contribution in [2.75, 3.05) is 18.0 Å². The number of benzene rings is 1. The highest BCUT2D eigenvalue weighted by Crippen LogP contribution is 2.24. The average molecular weight is 330 g/mol. The average Bonchev–Trinajstić information content (AvgIpc) is 3.04. The molecule has 2 aromatic rings. The fraction of sp³-hybridized carbons (Fsp3) is 0.389. The lowest BCUT2D eigenvalue weighted by Gasteiger charge is -2.19. The SMILES string of the molecule is CC(C)C(=O)N[C@@H]1CCN(c2cncc(-c3ccccc3F)n2)C1.[HH]. The van der Waals surface area contributed by atoms with Crippen LogP contribution in [0.2, 0.25) is 0 Å². The zero-order valence-corrected chi connectivity index (χ0v) is 13.9. The molecule has 0 spiro atoms. The van der Waals surface area contributed by atoms with Crippen molar-refractivity contribution in [1.29, 1.82) is 0 Å². The van der Waals surface area contributed by atoms with E-state index in [1.165, 1.54) is 6.07 Å². The van der Waals surface area contributed by atoms with E-state index in [-0.39, 0.29) is 25.1 Å². The molecular formula is C18H23FN4O. The quantitative estimate of drug-likeness (QED) is 0.936. The number of aromatic nitrogens is 2. The summed E-state index contributed by atoms with van der Waals surface area (Å²) in [5.74, 6) is 0.431. The van der Waals surface area contributed by atoms with Crippen molar-refractivity contribution >= 4 is 11.7 Å². The maximum Gasteiger partial charge on any atom is 0.222 e. The molecule has 0 radical (unpaired) electrons. The van der Waals surface area contributed by atoms with Crippen molar-refractivity contribution in [2.24, 2.45) is 5.92 Å². The Kier molecular flexibility index (Phi) is 4.74. The van der Waals surface area contributed by atoms with Gasteiger partial charge in [-0.15, -0.1) is 0 Å². The summed E-state index contributed by atoms with van der Waals surface area (Å²) in [7, 11) is 0. The highest BCUT2D eigenvalue weighted by atomic mass is 19.1. The molecule has 1 fully saturated rings. The lowest BCUT2D eigenvalue weighted by Crippen LogP contribution is -2.39. The molecule has 1 saturated heterocycles. The molecule has 1 aliphatic rings. The van der Waals surface area contributed by atoms with Crippen molar-refractivity contribution in [3.8, 4) is 11.3 Å². The van der Waals surface area contributed by atoms with Crippen molar-refractivity contribution in [2.45, 2.75) is 26.3 Å². The smallest absolute Gasteiger partial charge is 0.222 e. The Balaban J connectivity index is 0.00000225. The van der Waals surface area contributed by atoms with Gasteiger partial charge in [0.1, 0.15) is 11.6 Å². The van der Waals surface area contributed by atoms with Gasteiger partial charge in [-0.2, -0.15) is 0 Å². The van der Waals surface area contributed by atoms with Gasteiger partial charge in [0.05, 0.1) is 18.1 Å². The van der Waals surface area contributed by atoms with Crippen LogP contribution in [0.3, 0.4) is 0 Å². The summed E-state index contributed by atoms with van der Waals surface area (Å²) in [6, 6.07) is 6.65. The number of nitrogens with zero attached hydrogens (tertiary/aromatic N) is 3. The predicted molar refractivity (Wildman–Crippen MR) is 93.1 cm³/mol. The topological polar surface area (TPSA) is 58.1 Å². The summed E-state index contributed by atoms with van der Waals surface area (Å²) in [6.07, 6.45) is 4.11. The minimum atomic E-state index is -0.313. The van der Waals surface area contributed by atoms with E-state index in [2.05, 4.69) is 20.2 Å². The van der Waals surface area contributed by atoms with Crippen molar-refractivity contribution in [3.63, 3.8) is 0 Å². The van der Waals surface area contributed by atoms with Gasteiger partial charge in [0.15, 0.2) is 0 Å². The maximum atomic E-state index is 13.9. The van der Waals surface area contributed by atoms with E-state index < -0.39 is 0 Å². The summed E-state index contributed by atoms with van der Waals surface area (Å²) in [5.41, 5.74) is 0.955. The number of carbonyl (C=O) groups is 1. The molecule has 5 nitrogen and oxygen atoms in total. The first-order chi connectivity index (χ1) is 11.5. The number of halogens is 1. The lowest BCUT2D eigenvalue weighted by molar-refractivity contribution is -0.124. The van der Waals surface area contributed by atoms with Crippen LogP contribution in [0.15, 0.2) is 36.7 Å². The van der Waals surface area contributed by atoms with Gasteiger partial charge in [-0.25, -0.2) is 9.37 Å². The third-order valence-corrected chi connectivity index (χ3v) is 4.15. The molecule has 0 aliphatic carbocycles. The molecular weight excluding hydrogens is 307 g/mol. The Labute approximate surface area is 142 Å². The van der Waals surface area contributed by atoms with Gasteiger partial charge in [-0.3, -0.25) is 9.78 Å². The number of hydrogen-bond acceptors (Lipinski definition) is 4. The molecule has 2 heterocycles. The first-order valence-corrected chi connectivity index (χ1v) is 8.17. The Morgan fingerprint density at radius 1 is 1.38 bits per heavy atom. The van der Waals surface area contributed by atoms with Gasteiger partial charge < -0.3 is 10.2 Å². The van der Waals surface area contributed by atoms with Crippen LogP contribution in [0.5, 0.6) is 0 Å². The second-order valence-corrected chi connectivity index (χ2v) is 6.34. The molecule has 0 unspecified atom stereocenters. The molecule has 1 N–H and O–H groups in total. The van der Waals surface area contributed by atoms with E-state index in [1.54, 1.807) is 30.6 Å². The van der Waals surface area contributed by atoms with Crippen LogP contribution in [0.4, 0.5) is 10.2 Å². The van der Waals surface area contributed by atoms with Crippen LogP contribution in [0.1, 0.15) is 21.7 Å². The van der Waals surface area contributed by atoms with Gasteiger partial charge in [0.25, 0.3) is 0 Å². The molecule has 1 aromatic carbocycles. The van der Waals surface area contributed by atoms with E-state index in [1.807, 2.05) is 13.8 Å². The fourth-order valence-electron chi connectivity index (χ4n) is 2.76. The van der Waals surface area contributed by atoms with E-state index >= 15 is 0 Å². The summed E-state index contributed by atoms with van der Waals surface area (Å²) in [4.78, 5) is 22.6. The van der Waals surface area contributed by atoms with Crippen molar-refractivity contribution < 1.29 is 10.6 Å². The number of rotatable bonds is 4. The molecule has 1 amide bonds. The molecule has 1 aromatic heterocycles. The number of carbonyl (C=O) groups excluding carboxylic acids is 1. The predicted octanol–water partition coefficient (Wildman–Crippen LogP) is 2.88. The summed E-state index contributed by atoms with van der Waals surface area (Å²) in [6.45, 7) is 5.24. The van der Waals surface area contributed by atoms with Gasteiger partial charge >= 0.3 is 0 Å². The van der Waals surface area contributed by atoms with E-state index in [9.17, 15) is 9.18 Å². The minimum absolute atomic E-state index is 0. The molecule has 0 saturated carbocycles. The molecule has 1 atom stereocenters. The van der Waals surface area contributed by atoms with Crippen molar-refractivity contribution in [1.82, 2.24) is 15.3 Å². The zero-order chi connectivity index (χ0) is 17.1. The van der Waals surface area contributed by atoms with Crippen LogP contribution in [0.25, 0.3) is 11.3 Å². The maximum absolute atomic E-state index is 13.9. The summed E-state index contributed by atoms with van der Waals surface area (Å²) in [5, 5.41) is 3.04. The molecule has 6 heteroatoms. The minimum Gasteiger partial charge on any atom is -0.353 e. The van der Waals surface area contributed by atoms with Gasteiger partial charge in [0, 0.05) is 32.0 Å². The second-order valence-electron chi connectivity index (χ2n) is 6.34. The van der Waals surface area contributed by atoms with E-state index in [0.717, 1.165) is 13.0 Å². The molecule has 3 rings (SSSR count). The van der Waals surface area contributed by atoms with Crippen LogP contribution in [0, 0.1) is 11.7 Å². The molecule has 0 bridgehead atoms. The van der Waals surface area contributed by atoms with Gasteiger partial charge in [0.2, 0.25) is 5.91 Å². The summed E-state index contributed by atoms with van der Waals surface area (Å²) < 4.78 is 13.9. The normalized spacial score (nSPS) is 17.3. The largest absolute Gasteiger partial charge is 0.353 e. The number of amides is 1. The Bertz CT molecular complexity index is 741. The van der Waals surface area contributed by atoms with E-state index in [0.29, 0.717) is 23.6 Å². The van der Waals surface area contributed by atoms with Gasteiger partial charge in [-0.05, 0) is 18.6 Å². The van der Waals surface area contributed by atoms with E-state index in [4.69, 9.17) is 0 Å². The number of hydrogen-bond donors (Lipinski definition) is 1. The highest BCUT2D eigenvalue weighted by Gasteiger charge is 2.26. The second kappa shape index (κ2) is 6.95. The lowest BCUT2D eigenvalue weighted by atomic mass is 10.1. The summed E-state index contributed by atoms with van der Waals surface area (Å²) >= 11 is 0.